The molecule has 0 radical (unpaired) electrons. The summed E-state index contributed by atoms with van der Waals surface area (Å²) >= 11 is 0. The molecule has 2 N–H and O–H groups in total. The summed E-state index contributed by atoms with van der Waals surface area (Å²) in [5, 5.41) is 0. The summed E-state index contributed by atoms with van der Waals surface area (Å²) in [7, 11) is 0. The highest BCUT2D eigenvalue weighted by atomic mass is 16.5. The third-order valence-electron chi connectivity index (χ3n) is 3.50. The molecule has 3 nitrogen and oxygen atoms in total. The lowest BCUT2D eigenvalue weighted by Gasteiger charge is -2.25. The number of amides is 1. The fraction of sp³-hybridized carbons (Fsp3) is 0.500. The van der Waals surface area contributed by atoms with Crippen LogP contribution in [0.1, 0.15) is 36.8 Å². The number of nitrogens with two attached hydrogens (primary N) is 1. The molecular formula is C14H19NO2. The molecule has 1 aliphatic carbocycles. The Morgan fingerprint density at radius 1 is 1.29 bits per heavy atom. The van der Waals surface area contributed by atoms with E-state index in [2.05, 4.69) is 0 Å². The van der Waals surface area contributed by atoms with Gasteiger partial charge in [-0.15, -0.1) is 0 Å². The lowest BCUT2D eigenvalue weighted by atomic mass is 10.0. The van der Waals surface area contributed by atoms with Gasteiger partial charge in [0.2, 0.25) is 5.91 Å². The Labute approximate surface area is 102 Å². The second kappa shape index (κ2) is 4.88. The molecular weight excluding hydrogens is 214 g/mol. The number of carbonyl (C=O) groups is 1. The van der Waals surface area contributed by atoms with Crippen molar-refractivity contribution in [2.45, 2.75) is 44.8 Å². The number of carbonyl (C=O) groups excluding carboxylic acids is 1. The van der Waals surface area contributed by atoms with E-state index in [1.807, 2.05) is 31.2 Å². The lowest BCUT2D eigenvalue weighted by Crippen LogP contribution is -2.43. The zero-order valence-electron chi connectivity index (χ0n) is 10.2. The van der Waals surface area contributed by atoms with E-state index in [4.69, 9.17) is 10.5 Å². The molecule has 92 valence electrons. The van der Waals surface area contributed by atoms with Crippen LogP contribution in [-0.4, -0.2) is 11.5 Å². The number of primary amides is 1. The van der Waals surface area contributed by atoms with Crippen LogP contribution in [0.25, 0.3) is 0 Å². The Hall–Kier alpha value is -1.35. The van der Waals surface area contributed by atoms with E-state index in [0.29, 0.717) is 6.61 Å². The third-order valence-corrected chi connectivity index (χ3v) is 3.50. The van der Waals surface area contributed by atoms with E-state index in [9.17, 15) is 4.79 Å². The average molecular weight is 233 g/mol. The fourth-order valence-corrected chi connectivity index (χ4v) is 2.31. The van der Waals surface area contributed by atoms with Gasteiger partial charge in [0.1, 0.15) is 5.60 Å². The molecule has 1 aromatic carbocycles. The van der Waals surface area contributed by atoms with Crippen molar-refractivity contribution in [1.29, 1.82) is 0 Å². The van der Waals surface area contributed by atoms with Crippen LogP contribution in [-0.2, 0) is 16.1 Å². The Morgan fingerprint density at radius 2 is 1.88 bits per heavy atom. The zero-order chi connectivity index (χ0) is 12.3. The second-order valence-corrected chi connectivity index (χ2v) is 4.84. The Balaban J connectivity index is 2.00. The first-order chi connectivity index (χ1) is 8.12. The highest BCUT2D eigenvalue weighted by Gasteiger charge is 2.40. The molecule has 0 heterocycles. The molecule has 17 heavy (non-hydrogen) atoms. The van der Waals surface area contributed by atoms with Crippen molar-refractivity contribution >= 4 is 5.91 Å². The van der Waals surface area contributed by atoms with E-state index >= 15 is 0 Å². The number of hydrogen-bond donors (Lipinski definition) is 1. The van der Waals surface area contributed by atoms with Crippen molar-refractivity contribution in [2.24, 2.45) is 5.73 Å². The summed E-state index contributed by atoms with van der Waals surface area (Å²) in [5.74, 6) is -0.317. The highest BCUT2D eigenvalue weighted by Crippen LogP contribution is 2.33. The largest absolute Gasteiger partial charge is 0.367 e. The normalized spacial score (nSPS) is 18.2. The fourth-order valence-electron chi connectivity index (χ4n) is 2.31. The molecule has 0 aromatic heterocycles. The maximum Gasteiger partial charge on any atom is 0.249 e. The predicted molar refractivity (Wildman–Crippen MR) is 66.4 cm³/mol. The number of aryl methyl sites for hydroxylation is 1. The molecule has 0 aliphatic heterocycles. The monoisotopic (exact) mass is 233 g/mol. The van der Waals surface area contributed by atoms with Crippen molar-refractivity contribution < 1.29 is 9.53 Å². The Kier molecular flexibility index (Phi) is 3.48. The topological polar surface area (TPSA) is 52.3 Å². The van der Waals surface area contributed by atoms with Crippen molar-refractivity contribution in [3.8, 4) is 0 Å². The summed E-state index contributed by atoms with van der Waals surface area (Å²) in [6.45, 7) is 2.51. The summed E-state index contributed by atoms with van der Waals surface area (Å²) in [4.78, 5) is 11.5. The summed E-state index contributed by atoms with van der Waals surface area (Å²) < 4.78 is 5.80. The van der Waals surface area contributed by atoms with Crippen molar-refractivity contribution in [1.82, 2.24) is 0 Å². The minimum Gasteiger partial charge on any atom is -0.367 e. The molecule has 1 fully saturated rings. The smallest absolute Gasteiger partial charge is 0.249 e. The number of ether oxygens (including phenoxy) is 1. The zero-order valence-corrected chi connectivity index (χ0v) is 10.2. The number of benzene rings is 1. The predicted octanol–water partition coefficient (Wildman–Crippen LogP) is 2.31. The van der Waals surface area contributed by atoms with Crippen LogP contribution in [0, 0.1) is 6.92 Å². The quantitative estimate of drug-likeness (QED) is 0.867. The van der Waals surface area contributed by atoms with E-state index in [1.165, 1.54) is 5.56 Å². The molecule has 1 amide bonds. The molecule has 0 spiro atoms. The number of hydrogen-bond acceptors (Lipinski definition) is 2. The van der Waals surface area contributed by atoms with E-state index in [1.54, 1.807) is 0 Å². The summed E-state index contributed by atoms with van der Waals surface area (Å²) in [6.07, 6.45) is 3.57. The average Bonchev–Trinajstić information content (AvgIpc) is 2.78. The van der Waals surface area contributed by atoms with Crippen LogP contribution in [0.3, 0.4) is 0 Å². The van der Waals surface area contributed by atoms with Gasteiger partial charge in [-0.3, -0.25) is 4.79 Å². The van der Waals surface area contributed by atoms with Gasteiger partial charge < -0.3 is 10.5 Å². The van der Waals surface area contributed by atoms with Gasteiger partial charge >= 0.3 is 0 Å². The Bertz CT molecular complexity index is 391. The van der Waals surface area contributed by atoms with Gasteiger partial charge in [-0.25, -0.2) is 0 Å². The maximum absolute atomic E-state index is 11.5. The first kappa shape index (κ1) is 12.1. The third kappa shape index (κ3) is 2.67. The van der Waals surface area contributed by atoms with Crippen LogP contribution < -0.4 is 5.73 Å². The van der Waals surface area contributed by atoms with Crippen LogP contribution in [0.15, 0.2) is 24.3 Å². The van der Waals surface area contributed by atoms with Crippen LogP contribution in [0.2, 0.25) is 0 Å². The van der Waals surface area contributed by atoms with E-state index < -0.39 is 5.60 Å². The summed E-state index contributed by atoms with van der Waals surface area (Å²) in [5.41, 5.74) is 7.05. The minimum absolute atomic E-state index is 0.317. The van der Waals surface area contributed by atoms with Crippen LogP contribution in [0.5, 0.6) is 0 Å². The van der Waals surface area contributed by atoms with E-state index in [-0.39, 0.29) is 5.91 Å². The maximum atomic E-state index is 11.5. The van der Waals surface area contributed by atoms with Gasteiger partial charge in [0.15, 0.2) is 0 Å². The first-order valence-corrected chi connectivity index (χ1v) is 6.12. The highest BCUT2D eigenvalue weighted by molar-refractivity contribution is 5.83. The molecule has 1 saturated carbocycles. The van der Waals surface area contributed by atoms with Crippen molar-refractivity contribution in [3.05, 3.63) is 35.4 Å². The van der Waals surface area contributed by atoms with Gasteiger partial charge in [-0.05, 0) is 38.2 Å². The second-order valence-electron chi connectivity index (χ2n) is 4.84. The van der Waals surface area contributed by atoms with Gasteiger partial charge in [0.05, 0.1) is 6.61 Å². The molecule has 0 bridgehead atoms. The van der Waals surface area contributed by atoms with Crippen LogP contribution >= 0.6 is 0 Å². The van der Waals surface area contributed by atoms with Crippen molar-refractivity contribution in [3.63, 3.8) is 0 Å². The van der Waals surface area contributed by atoms with Crippen LogP contribution in [0.4, 0.5) is 0 Å². The Morgan fingerprint density at radius 3 is 2.41 bits per heavy atom. The molecule has 2 rings (SSSR count). The molecule has 3 heteroatoms. The molecule has 0 saturated heterocycles. The van der Waals surface area contributed by atoms with Gasteiger partial charge in [0, 0.05) is 0 Å². The van der Waals surface area contributed by atoms with Gasteiger partial charge in [-0.1, -0.05) is 29.8 Å². The van der Waals surface area contributed by atoms with Crippen molar-refractivity contribution in [2.75, 3.05) is 0 Å². The lowest BCUT2D eigenvalue weighted by molar-refractivity contribution is -0.144. The molecule has 1 aliphatic rings. The summed E-state index contributed by atoms with van der Waals surface area (Å²) in [6, 6.07) is 8.15. The van der Waals surface area contributed by atoms with Gasteiger partial charge in [0.25, 0.3) is 0 Å². The van der Waals surface area contributed by atoms with E-state index in [0.717, 1.165) is 31.2 Å². The SMILES string of the molecule is Cc1ccc(COC2(C(N)=O)CCCC2)cc1. The molecule has 1 aromatic rings. The molecule has 0 atom stereocenters. The minimum atomic E-state index is -0.717. The first-order valence-electron chi connectivity index (χ1n) is 6.12. The molecule has 0 unspecified atom stereocenters. The standard InChI is InChI=1S/C14H19NO2/c1-11-4-6-12(7-5-11)10-17-14(13(15)16)8-2-3-9-14/h4-7H,2-3,8-10H2,1H3,(H2,15,16). The van der Waals surface area contributed by atoms with Gasteiger partial charge in [-0.2, -0.15) is 0 Å². The number of rotatable bonds is 4.